The molecule has 0 spiro atoms. The number of carbonyl (C=O) groups excluding carboxylic acids is 2. The second-order valence-electron chi connectivity index (χ2n) is 3.73. The predicted molar refractivity (Wildman–Crippen MR) is 69.7 cm³/mol. The lowest BCUT2D eigenvalue weighted by molar-refractivity contribution is -0.146. The van der Waals surface area contributed by atoms with Crippen LogP contribution in [0.1, 0.15) is 19.4 Å². The molecule has 1 amide bonds. The summed E-state index contributed by atoms with van der Waals surface area (Å²) < 4.78 is 4.79. The maximum atomic E-state index is 11.5. The van der Waals surface area contributed by atoms with Gasteiger partial charge in [-0.15, -0.1) is 0 Å². The highest BCUT2D eigenvalue weighted by atomic mass is 16.5. The number of esters is 1. The number of nitrogens with one attached hydrogen (secondary N) is 1. The third-order valence-corrected chi connectivity index (χ3v) is 2.23. The average molecular weight is 247 g/mol. The third kappa shape index (κ3) is 4.82. The molecule has 0 saturated carbocycles. The van der Waals surface area contributed by atoms with Gasteiger partial charge < -0.3 is 10.1 Å². The minimum absolute atomic E-state index is 0.304. The van der Waals surface area contributed by atoms with Gasteiger partial charge in [0.25, 0.3) is 0 Å². The van der Waals surface area contributed by atoms with E-state index in [0.29, 0.717) is 6.61 Å². The Morgan fingerprint density at radius 1 is 1.33 bits per heavy atom. The third-order valence-electron chi connectivity index (χ3n) is 2.23. The Morgan fingerprint density at radius 3 is 2.61 bits per heavy atom. The molecule has 0 aliphatic rings. The van der Waals surface area contributed by atoms with Gasteiger partial charge in [0, 0.05) is 6.08 Å². The van der Waals surface area contributed by atoms with E-state index in [1.165, 1.54) is 6.08 Å². The van der Waals surface area contributed by atoms with Gasteiger partial charge >= 0.3 is 5.97 Å². The molecule has 18 heavy (non-hydrogen) atoms. The van der Waals surface area contributed by atoms with Crippen LogP contribution in [-0.2, 0) is 14.3 Å². The Morgan fingerprint density at radius 2 is 2.00 bits per heavy atom. The zero-order valence-electron chi connectivity index (χ0n) is 10.6. The maximum absolute atomic E-state index is 11.5. The quantitative estimate of drug-likeness (QED) is 0.637. The lowest BCUT2D eigenvalue weighted by atomic mass is 10.2. The van der Waals surface area contributed by atoms with Crippen molar-refractivity contribution in [2.45, 2.75) is 19.9 Å². The van der Waals surface area contributed by atoms with E-state index in [4.69, 9.17) is 4.74 Å². The first-order valence-electron chi connectivity index (χ1n) is 5.83. The van der Waals surface area contributed by atoms with Crippen molar-refractivity contribution in [3.63, 3.8) is 0 Å². The molecule has 0 saturated heterocycles. The van der Waals surface area contributed by atoms with Gasteiger partial charge in [-0.2, -0.15) is 0 Å². The first kappa shape index (κ1) is 14.0. The molecule has 1 rings (SSSR count). The number of amides is 1. The second kappa shape index (κ2) is 7.27. The van der Waals surface area contributed by atoms with Crippen LogP contribution >= 0.6 is 0 Å². The van der Waals surface area contributed by atoms with Crippen LogP contribution in [0.2, 0.25) is 0 Å². The number of benzene rings is 1. The zero-order chi connectivity index (χ0) is 13.4. The second-order valence-corrected chi connectivity index (χ2v) is 3.73. The molecule has 1 N–H and O–H groups in total. The molecule has 1 aromatic carbocycles. The van der Waals surface area contributed by atoms with Crippen LogP contribution < -0.4 is 5.32 Å². The van der Waals surface area contributed by atoms with Gasteiger partial charge in [0.1, 0.15) is 6.04 Å². The van der Waals surface area contributed by atoms with E-state index < -0.39 is 12.0 Å². The first-order valence-corrected chi connectivity index (χ1v) is 5.83. The largest absolute Gasteiger partial charge is 0.464 e. The lowest BCUT2D eigenvalue weighted by Crippen LogP contribution is -2.38. The molecular formula is C14H17NO3. The molecule has 0 heterocycles. The molecule has 4 heteroatoms. The lowest BCUT2D eigenvalue weighted by Gasteiger charge is -2.10. The molecule has 0 unspecified atom stereocenters. The van der Waals surface area contributed by atoms with Crippen molar-refractivity contribution in [1.29, 1.82) is 0 Å². The minimum atomic E-state index is -0.641. The van der Waals surface area contributed by atoms with Crippen molar-refractivity contribution >= 4 is 18.0 Å². The van der Waals surface area contributed by atoms with Crippen LogP contribution in [-0.4, -0.2) is 24.5 Å². The summed E-state index contributed by atoms with van der Waals surface area (Å²) in [7, 11) is 0. The van der Waals surface area contributed by atoms with Gasteiger partial charge in [0.05, 0.1) is 6.61 Å². The number of rotatable bonds is 5. The standard InChI is InChI=1S/C14H17NO3/c1-3-18-14(17)11(2)15-13(16)10-9-12-7-5-4-6-8-12/h4-11H,3H2,1-2H3,(H,15,16)/b10-9+/t11-/m0/s1. The topological polar surface area (TPSA) is 55.4 Å². The van der Waals surface area contributed by atoms with Crippen molar-refractivity contribution in [2.75, 3.05) is 6.61 Å². The number of hydrogen-bond acceptors (Lipinski definition) is 3. The van der Waals surface area contributed by atoms with E-state index in [1.54, 1.807) is 19.9 Å². The van der Waals surface area contributed by atoms with Crippen molar-refractivity contribution in [1.82, 2.24) is 5.32 Å². The summed E-state index contributed by atoms with van der Waals surface area (Å²) in [4.78, 5) is 22.8. The van der Waals surface area contributed by atoms with Crippen molar-refractivity contribution in [2.24, 2.45) is 0 Å². The van der Waals surface area contributed by atoms with Crippen molar-refractivity contribution < 1.29 is 14.3 Å². The fourth-order valence-corrected chi connectivity index (χ4v) is 1.32. The van der Waals surface area contributed by atoms with Gasteiger partial charge in [-0.05, 0) is 25.5 Å². The molecular weight excluding hydrogens is 230 g/mol. The van der Waals surface area contributed by atoms with Gasteiger partial charge in [-0.1, -0.05) is 30.3 Å². The SMILES string of the molecule is CCOC(=O)[C@H](C)NC(=O)/C=C/c1ccccc1. The average Bonchev–Trinajstić information content (AvgIpc) is 2.38. The summed E-state index contributed by atoms with van der Waals surface area (Å²) in [6.45, 7) is 3.62. The fraction of sp³-hybridized carbons (Fsp3) is 0.286. The molecule has 0 fully saturated rings. The highest BCUT2D eigenvalue weighted by Gasteiger charge is 2.14. The van der Waals surface area contributed by atoms with E-state index in [-0.39, 0.29) is 5.91 Å². The van der Waals surface area contributed by atoms with Crippen molar-refractivity contribution in [3.8, 4) is 0 Å². The Hall–Kier alpha value is -2.10. The number of ether oxygens (including phenoxy) is 1. The molecule has 4 nitrogen and oxygen atoms in total. The monoisotopic (exact) mass is 247 g/mol. The number of carbonyl (C=O) groups is 2. The Balaban J connectivity index is 2.47. The molecule has 1 aromatic rings. The Kier molecular flexibility index (Phi) is 5.64. The summed E-state index contributed by atoms with van der Waals surface area (Å²) in [5.74, 6) is -0.752. The zero-order valence-corrected chi connectivity index (χ0v) is 10.6. The van der Waals surface area contributed by atoms with Gasteiger partial charge in [-0.25, -0.2) is 4.79 Å². The Bertz CT molecular complexity index is 426. The van der Waals surface area contributed by atoms with Gasteiger partial charge in [0.15, 0.2) is 0 Å². The fourth-order valence-electron chi connectivity index (χ4n) is 1.32. The van der Waals surface area contributed by atoms with Gasteiger partial charge in [-0.3, -0.25) is 4.79 Å². The smallest absolute Gasteiger partial charge is 0.328 e. The van der Waals surface area contributed by atoms with Crippen LogP contribution in [0.15, 0.2) is 36.4 Å². The summed E-state index contributed by atoms with van der Waals surface area (Å²) >= 11 is 0. The summed E-state index contributed by atoms with van der Waals surface area (Å²) in [5, 5.41) is 2.53. The highest BCUT2D eigenvalue weighted by Crippen LogP contribution is 2.00. The first-order chi connectivity index (χ1) is 8.63. The van der Waals surface area contributed by atoms with Crippen LogP contribution in [0.25, 0.3) is 6.08 Å². The van der Waals surface area contributed by atoms with E-state index in [2.05, 4.69) is 5.32 Å². The molecule has 0 aliphatic heterocycles. The van der Waals surface area contributed by atoms with Crippen LogP contribution in [0, 0.1) is 0 Å². The molecule has 0 radical (unpaired) electrons. The van der Waals surface area contributed by atoms with Crippen molar-refractivity contribution in [3.05, 3.63) is 42.0 Å². The summed E-state index contributed by atoms with van der Waals surface area (Å²) in [6.07, 6.45) is 3.08. The molecule has 96 valence electrons. The normalized spacial score (nSPS) is 12.1. The summed E-state index contributed by atoms with van der Waals surface area (Å²) in [6, 6.07) is 8.81. The maximum Gasteiger partial charge on any atom is 0.328 e. The molecule has 0 bridgehead atoms. The predicted octanol–water partition coefficient (Wildman–Crippen LogP) is 1.77. The number of hydrogen-bond donors (Lipinski definition) is 1. The van der Waals surface area contributed by atoms with E-state index in [1.807, 2.05) is 30.3 Å². The minimum Gasteiger partial charge on any atom is -0.464 e. The summed E-state index contributed by atoms with van der Waals surface area (Å²) in [5.41, 5.74) is 0.927. The highest BCUT2D eigenvalue weighted by molar-refractivity contribution is 5.94. The Labute approximate surface area is 107 Å². The molecule has 0 aliphatic carbocycles. The van der Waals surface area contributed by atoms with Crippen LogP contribution in [0.5, 0.6) is 0 Å². The van der Waals surface area contributed by atoms with Gasteiger partial charge in [0.2, 0.25) is 5.91 Å². The van der Waals surface area contributed by atoms with E-state index in [9.17, 15) is 9.59 Å². The van der Waals surface area contributed by atoms with Crippen LogP contribution in [0.3, 0.4) is 0 Å². The molecule has 1 atom stereocenters. The van der Waals surface area contributed by atoms with E-state index in [0.717, 1.165) is 5.56 Å². The molecule has 0 aromatic heterocycles. The van der Waals surface area contributed by atoms with Crippen LogP contribution in [0.4, 0.5) is 0 Å². The van der Waals surface area contributed by atoms with E-state index >= 15 is 0 Å².